The number of hydrogen-bond donors (Lipinski definition) is 1. The van der Waals surface area contributed by atoms with Gasteiger partial charge in [0.25, 0.3) is 0 Å². The second-order valence-corrected chi connectivity index (χ2v) is 7.64. The van der Waals surface area contributed by atoms with Crippen LogP contribution in [0, 0.1) is 4.91 Å². The molecule has 1 aromatic heterocycles. The lowest BCUT2D eigenvalue weighted by Gasteiger charge is -2.13. The summed E-state index contributed by atoms with van der Waals surface area (Å²) in [7, 11) is 0. The SMILES string of the molecule is CC(=O)c1c(SCc2ccc(N=O)cc2)[nH]c2c(c1=O)=C(C)CCC=2Cl. The van der Waals surface area contributed by atoms with E-state index in [-0.39, 0.29) is 16.8 Å². The first-order chi connectivity index (χ1) is 12.4. The van der Waals surface area contributed by atoms with Crippen molar-refractivity contribution in [3.63, 3.8) is 0 Å². The van der Waals surface area contributed by atoms with Gasteiger partial charge in [0, 0.05) is 16.0 Å². The van der Waals surface area contributed by atoms with Gasteiger partial charge in [0.1, 0.15) is 5.69 Å². The lowest BCUT2D eigenvalue weighted by Crippen LogP contribution is -2.47. The summed E-state index contributed by atoms with van der Waals surface area (Å²) in [5.41, 5.74) is 2.17. The van der Waals surface area contributed by atoms with E-state index < -0.39 is 0 Å². The van der Waals surface area contributed by atoms with E-state index in [0.717, 1.165) is 17.6 Å². The minimum atomic E-state index is -0.272. The maximum atomic E-state index is 12.9. The summed E-state index contributed by atoms with van der Waals surface area (Å²) >= 11 is 7.70. The molecule has 134 valence electrons. The number of halogens is 1. The summed E-state index contributed by atoms with van der Waals surface area (Å²) < 4.78 is 0. The molecule has 0 saturated carbocycles. The quantitative estimate of drug-likeness (QED) is 0.482. The van der Waals surface area contributed by atoms with Crippen LogP contribution in [0.15, 0.2) is 39.3 Å². The number of carbonyl (C=O) groups excluding carboxylic acids is 1. The van der Waals surface area contributed by atoms with Crippen molar-refractivity contribution in [1.29, 1.82) is 0 Å². The van der Waals surface area contributed by atoms with Crippen molar-refractivity contribution in [1.82, 2.24) is 4.98 Å². The predicted molar refractivity (Wildman–Crippen MR) is 105 cm³/mol. The molecule has 1 N–H and O–H groups in total. The zero-order valence-electron chi connectivity index (χ0n) is 14.4. The van der Waals surface area contributed by atoms with Gasteiger partial charge in [-0.3, -0.25) is 9.59 Å². The summed E-state index contributed by atoms with van der Waals surface area (Å²) in [6.07, 6.45) is 1.40. The van der Waals surface area contributed by atoms with Gasteiger partial charge < -0.3 is 4.98 Å². The molecule has 1 aromatic carbocycles. The Labute approximate surface area is 159 Å². The number of aromatic nitrogens is 1. The maximum absolute atomic E-state index is 12.9. The summed E-state index contributed by atoms with van der Waals surface area (Å²) in [5, 5.41) is 5.15. The number of nitroso groups, excluding NO2 is 1. The van der Waals surface area contributed by atoms with E-state index in [1.165, 1.54) is 18.7 Å². The van der Waals surface area contributed by atoms with Crippen LogP contribution in [0.25, 0.3) is 10.6 Å². The van der Waals surface area contributed by atoms with Crippen LogP contribution in [0.5, 0.6) is 0 Å². The van der Waals surface area contributed by atoms with Crippen LogP contribution in [0.3, 0.4) is 0 Å². The maximum Gasteiger partial charge on any atom is 0.201 e. The molecular formula is C19H17ClN2O3S. The molecule has 1 aliphatic rings. The van der Waals surface area contributed by atoms with Crippen molar-refractivity contribution >= 4 is 45.4 Å². The third-order valence-corrected chi connectivity index (χ3v) is 5.81. The molecule has 0 fully saturated rings. The van der Waals surface area contributed by atoms with Crippen LogP contribution in [-0.2, 0) is 5.75 Å². The average molecular weight is 389 g/mol. The Morgan fingerprint density at radius 3 is 2.58 bits per heavy atom. The molecule has 0 saturated heterocycles. The highest BCUT2D eigenvalue weighted by Crippen LogP contribution is 2.24. The predicted octanol–water partition coefficient (Wildman–Crippen LogP) is 3.58. The Morgan fingerprint density at radius 2 is 1.96 bits per heavy atom. The summed E-state index contributed by atoms with van der Waals surface area (Å²) in [6, 6.07) is 6.86. The first kappa shape index (κ1) is 18.6. The number of H-pyrrole nitrogens is 1. The molecule has 0 spiro atoms. The molecular weight excluding hydrogens is 372 g/mol. The number of pyridine rings is 1. The zero-order valence-corrected chi connectivity index (χ0v) is 16.0. The molecule has 0 radical (unpaired) electrons. The van der Waals surface area contributed by atoms with Gasteiger partial charge in [-0.2, -0.15) is 0 Å². The monoisotopic (exact) mass is 388 g/mol. The van der Waals surface area contributed by atoms with E-state index >= 15 is 0 Å². The number of carbonyl (C=O) groups is 1. The van der Waals surface area contributed by atoms with Gasteiger partial charge in [0.05, 0.1) is 15.9 Å². The van der Waals surface area contributed by atoms with E-state index in [4.69, 9.17) is 11.6 Å². The fourth-order valence-electron chi connectivity index (χ4n) is 2.97. The van der Waals surface area contributed by atoms with E-state index in [1.54, 1.807) is 24.3 Å². The molecule has 3 rings (SSSR count). The fraction of sp³-hybridized carbons (Fsp3) is 0.263. The number of hydrogen-bond acceptors (Lipinski definition) is 5. The average Bonchev–Trinajstić information content (AvgIpc) is 2.62. The molecule has 2 aromatic rings. The molecule has 0 bridgehead atoms. The smallest absolute Gasteiger partial charge is 0.201 e. The van der Waals surface area contributed by atoms with Crippen molar-refractivity contribution < 1.29 is 4.79 Å². The van der Waals surface area contributed by atoms with Crippen LogP contribution in [0.4, 0.5) is 5.69 Å². The third kappa shape index (κ3) is 3.52. The Morgan fingerprint density at radius 1 is 1.27 bits per heavy atom. The lowest BCUT2D eigenvalue weighted by molar-refractivity contribution is 0.101. The Kier molecular flexibility index (Phi) is 5.44. The van der Waals surface area contributed by atoms with E-state index in [9.17, 15) is 14.5 Å². The van der Waals surface area contributed by atoms with Crippen molar-refractivity contribution in [2.75, 3.05) is 0 Å². The van der Waals surface area contributed by atoms with Gasteiger partial charge in [-0.05, 0) is 49.6 Å². The molecule has 0 amide bonds. The molecule has 7 heteroatoms. The standard InChI is InChI=1S/C19H17ClN2O3S/c1-10-3-8-14(20)17-15(10)18(24)16(11(2)23)19(21-17)26-9-12-4-6-13(22-25)7-5-12/h4-7,21H,3,8-9H2,1-2H3. The van der Waals surface area contributed by atoms with Gasteiger partial charge in [-0.1, -0.05) is 29.3 Å². The third-order valence-electron chi connectivity index (χ3n) is 4.36. The molecule has 0 unspecified atom stereocenters. The second-order valence-electron chi connectivity index (χ2n) is 6.20. The molecule has 5 nitrogen and oxygen atoms in total. The van der Waals surface area contributed by atoms with Crippen molar-refractivity contribution in [3.05, 3.63) is 61.1 Å². The largest absolute Gasteiger partial charge is 0.348 e. The fourth-order valence-corrected chi connectivity index (χ4v) is 4.27. The van der Waals surface area contributed by atoms with Gasteiger partial charge in [0.2, 0.25) is 5.43 Å². The first-order valence-electron chi connectivity index (χ1n) is 8.13. The lowest BCUT2D eigenvalue weighted by atomic mass is 10.0. The first-order valence-corrected chi connectivity index (χ1v) is 9.49. The number of fused-ring (bicyclic) bond motifs is 1. The normalized spacial score (nSPS) is 13.5. The van der Waals surface area contributed by atoms with Crippen molar-refractivity contribution in [3.8, 4) is 0 Å². The molecule has 1 heterocycles. The highest BCUT2D eigenvalue weighted by Gasteiger charge is 2.19. The summed E-state index contributed by atoms with van der Waals surface area (Å²) in [6.45, 7) is 3.30. The number of nitrogens with zero attached hydrogens (tertiary/aromatic N) is 1. The molecule has 26 heavy (non-hydrogen) atoms. The van der Waals surface area contributed by atoms with Crippen LogP contribution < -0.4 is 16.0 Å². The molecule has 0 atom stereocenters. The van der Waals surface area contributed by atoms with Crippen LogP contribution >= 0.6 is 23.4 Å². The topological polar surface area (TPSA) is 79.4 Å². The van der Waals surface area contributed by atoms with Gasteiger partial charge >= 0.3 is 0 Å². The Hall–Kier alpha value is -2.18. The number of rotatable bonds is 5. The van der Waals surface area contributed by atoms with E-state index in [1.807, 2.05) is 6.92 Å². The Bertz CT molecular complexity index is 1070. The van der Waals surface area contributed by atoms with Crippen LogP contribution in [-0.4, -0.2) is 10.8 Å². The highest BCUT2D eigenvalue weighted by molar-refractivity contribution is 7.98. The van der Waals surface area contributed by atoms with Crippen LogP contribution in [0.1, 0.15) is 42.6 Å². The highest BCUT2D eigenvalue weighted by atomic mass is 35.5. The number of aromatic amines is 1. The second kappa shape index (κ2) is 7.60. The zero-order chi connectivity index (χ0) is 18.8. The van der Waals surface area contributed by atoms with Crippen molar-refractivity contribution in [2.45, 2.75) is 37.5 Å². The minimum Gasteiger partial charge on any atom is -0.348 e. The summed E-state index contributed by atoms with van der Waals surface area (Å²) in [5.74, 6) is 0.264. The van der Waals surface area contributed by atoms with E-state index in [0.29, 0.717) is 38.5 Å². The molecule has 1 aliphatic carbocycles. The number of ketones is 1. The molecule has 0 aliphatic heterocycles. The van der Waals surface area contributed by atoms with E-state index in [2.05, 4.69) is 10.2 Å². The summed E-state index contributed by atoms with van der Waals surface area (Å²) in [4.78, 5) is 38.8. The van der Waals surface area contributed by atoms with Crippen molar-refractivity contribution in [2.24, 2.45) is 5.18 Å². The number of nitrogens with one attached hydrogen (secondary N) is 1. The van der Waals surface area contributed by atoms with Crippen LogP contribution in [0.2, 0.25) is 0 Å². The minimum absolute atomic E-state index is 0.172. The number of Topliss-reactive ketones (excluding diaryl/α,β-unsaturated/α-hetero) is 1. The number of benzene rings is 1. The Balaban J connectivity index is 2.08. The van der Waals surface area contributed by atoms with Gasteiger partial charge in [0.15, 0.2) is 5.78 Å². The van der Waals surface area contributed by atoms with Gasteiger partial charge in [-0.15, -0.1) is 16.7 Å². The number of thioether (sulfide) groups is 1. The van der Waals surface area contributed by atoms with Gasteiger partial charge in [-0.25, -0.2) is 0 Å².